The number of hydrogen-bond donors (Lipinski definition) is 1. The van der Waals surface area contributed by atoms with Gasteiger partial charge in [-0.3, -0.25) is 0 Å². The first kappa shape index (κ1) is 12.0. The number of rotatable bonds is 3. The number of fused-ring (bicyclic) bond motifs is 2. The normalized spacial score (nSPS) is 11.3. The van der Waals surface area contributed by atoms with Crippen molar-refractivity contribution in [2.45, 2.75) is 6.92 Å². The molecule has 0 aliphatic heterocycles. The van der Waals surface area contributed by atoms with Crippen LogP contribution >= 0.6 is 0 Å². The van der Waals surface area contributed by atoms with Crippen LogP contribution in [0.15, 0.2) is 48.5 Å². The second-order valence-corrected chi connectivity index (χ2v) is 4.74. The molecule has 0 saturated carbocycles. The fourth-order valence-electron chi connectivity index (χ4n) is 2.47. The lowest BCUT2D eigenvalue weighted by Gasteiger charge is -2.07. The predicted octanol–water partition coefficient (Wildman–Crippen LogP) is 3.03. The van der Waals surface area contributed by atoms with Crippen LogP contribution in [-0.2, 0) is 0 Å². The van der Waals surface area contributed by atoms with Crippen LogP contribution in [0.3, 0.4) is 0 Å². The zero-order chi connectivity index (χ0) is 14.2. The van der Waals surface area contributed by atoms with Crippen LogP contribution in [-0.4, -0.2) is 26.3 Å². The van der Waals surface area contributed by atoms with E-state index in [1.165, 1.54) is 0 Å². The summed E-state index contributed by atoms with van der Waals surface area (Å²) in [7, 11) is 0. The fourth-order valence-corrected chi connectivity index (χ4v) is 2.47. The lowest BCUT2D eigenvalue weighted by atomic mass is 10.3. The molecule has 5 heteroatoms. The van der Waals surface area contributed by atoms with Gasteiger partial charge in [-0.2, -0.15) is 4.73 Å². The first-order valence-corrected chi connectivity index (χ1v) is 6.92. The molecule has 4 rings (SSSR count). The second kappa shape index (κ2) is 4.63. The van der Waals surface area contributed by atoms with Crippen LogP contribution in [0.5, 0.6) is 0 Å². The summed E-state index contributed by atoms with van der Waals surface area (Å²) in [6.45, 7) is 2.52. The SMILES string of the molecule is CCOn1c(-c2nc3ccccc3[nH]2)nc2ccccc21. The van der Waals surface area contributed by atoms with Crippen LogP contribution in [0.25, 0.3) is 33.7 Å². The first-order chi connectivity index (χ1) is 10.4. The topological polar surface area (TPSA) is 55.7 Å². The predicted molar refractivity (Wildman–Crippen MR) is 81.9 cm³/mol. The largest absolute Gasteiger partial charge is 0.412 e. The van der Waals surface area contributed by atoms with E-state index in [-0.39, 0.29) is 0 Å². The highest BCUT2D eigenvalue weighted by Gasteiger charge is 2.16. The number of imidazole rings is 2. The average Bonchev–Trinajstić information content (AvgIpc) is 3.09. The van der Waals surface area contributed by atoms with E-state index >= 15 is 0 Å². The Morgan fingerprint density at radius 2 is 1.76 bits per heavy atom. The van der Waals surface area contributed by atoms with Gasteiger partial charge in [0.2, 0.25) is 5.82 Å². The number of para-hydroxylation sites is 4. The molecule has 104 valence electrons. The van der Waals surface area contributed by atoms with E-state index in [2.05, 4.69) is 15.0 Å². The van der Waals surface area contributed by atoms with Gasteiger partial charge in [0.1, 0.15) is 12.1 Å². The van der Waals surface area contributed by atoms with Crippen molar-refractivity contribution < 1.29 is 4.84 Å². The van der Waals surface area contributed by atoms with Crippen molar-refractivity contribution in [1.29, 1.82) is 0 Å². The standard InChI is InChI=1S/C16H14N4O/c1-2-21-20-14-10-6-5-9-13(14)19-16(20)15-17-11-7-3-4-8-12(11)18-15/h3-10H,2H2,1H3,(H,17,18). The maximum Gasteiger partial charge on any atom is 0.212 e. The third kappa shape index (κ3) is 1.86. The van der Waals surface area contributed by atoms with Crippen molar-refractivity contribution in [3.05, 3.63) is 48.5 Å². The van der Waals surface area contributed by atoms with Gasteiger partial charge in [0.15, 0.2) is 5.82 Å². The van der Waals surface area contributed by atoms with Gasteiger partial charge in [-0.15, -0.1) is 0 Å². The van der Waals surface area contributed by atoms with Crippen molar-refractivity contribution in [3.8, 4) is 11.6 Å². The fraction of sp³-hybridized carbons (Fsp3) is 0.125. The Morgan fingerprint density at radius 3 is 2.57 bits per heavy atom. The van der Waals surface area contributed by atoms with E-state index in [1.54, 1.807) is 4.73 Å². The van der Waals surface area contributed by atoms with Crippen molar-refractivity contribution in [2.75, 3.05) is 6.61 Å². The Hall–Kier alpha value is -2.82. The van der Waals surface area contributed by atoms with E-state index in [1.807, 2.05) is 55.5 Å². The number of aromatic amines is 1. The van der Waals surface area contributed by atoms with Gasteiger partial charge in [0, 0.05) is 0 Å². The zero-order valence-corrected chi connectivity index (χ0v) is 11.6. The summed E-state index contributed by atoms with van der Waals surface area (Å²) in [6.07, 6.45) is 0. The number of benzene rings is 2. The summed E-state index contributed by atoms with van der Waals surface area (Å²) in [5.41, 5.74) is 3.74. The smallest absolute Gasteiger partial charge is 0.212 e. The molecule has 0 fully saturated rings. The molecule has 2 aromatic heterocycles. The molecule has 1 N–H and O–H groups in total. The number of hydrogen-bond acceptors (Lipinski definition) is 3. The van der Waals surface area contributed by atoms with Crippen molar-refractivity contribution in [3.63, 3.8) is 0 Å². The highest BCUT2D eigenvalue weighted by Crippen LogP contribution is 2.23. The van der Waals surface area contributed by atoms with Gasteiger partial charge in [-0.25, -0.2) is 9.97 Å². The number of H-pyrrole nitrogens is 1. The van der Waals surface area contributed by atoms with Crippen LogP contribution < -0.4 is 4.84 Å². The minimum absolute atomic E-state index is 0.563. The summed E-state index contributed by atoms with van der Waals surface area (Å²) >= 11 is 0. The molecule has 2 aromatic carbocycles. The summed E-state index contributed by atoms with van der Waals surface area (Å²) in [6, 6.07) is 15.8. The highest BCUT2D eigenvalue weighted by atomic mass is 16.7. The molecule has 0 radical (unpaired) electrons. The molecule has 0 unspecified atom stereocenters. The van der Waals surface area contributed by atoms with Crippen molar-refractivity contribution >= 4 is 22.1 Å². The highest BCUT2D eigenvalue weighted by molar-refractivity contribution is 5.82. The summed E-state index contributed by atoms with van der Waals surface area (Å²) in [4.78, 5) is 18.3. The van der Waals surface area contributed by atoms with E-state index in [0.717, 1.165) is 22.1 Å². The minimum atomic E-state index is 0.563. The van der Waals surface area contributed by atoms with E-state index < -0.39 is 0 Å². The molecular formula is C16H14N4O. The van der Waals surface area contributed by atoms with Crippen LogP contribution in [0.2, 0.25) is 0 Å². The molecule has 2 heterocycles. The molecule has 5 nitrogen and oxygen atoms in total. The summed E-state index contributed by atoms with van der Waals surface area (Å²) < 4.78 is 1.74. The average molecular weight is 278 g/mol. The molecule has 0 aliphatic carbocycles. The number of aromatic nitrogens is 4. The van der Waals surface area contributed by atoms with E-state index in [4.69, 9.17) is 4.84 Å². The lowest BCUT2D eigenvalue weighted by Crippen LogP contribution is -2.12. The van der Waals surface area contributed by atoms with Gasteiger partial charge in [0.25, 0.3) is 0 Å². The van der Waals surface area contributed by atoms with Crippen molar-refractivity contribution in [2.24, 2.45) is 0 Å². The number of nitrogens with one attached hydrogen (secondary N) is 1. The quantitative estimate of drug-likeness (QED) is 0.626. The lowest BCUT2D eigenvalue weighted by molar-refractivity contribution is 0.134. The number of nitrogens with zero attached hydrogens (tertiary/aromatic N) is 3. The molecule has 0 amide bonds. The van der Waals surface area contributed by atoms with Crippen LogP contribution in [0.4, 0.5) is 0 Å². The Bertz CT molecular complexity index is 889. The Labute approximate surface area is 121 Å². The summed E-state index contributed by atoms with van der Waals surface area (Å²) in [5.74, 6) is 1.40. The molecule has 0 aliphatic rings. The monoisotopic (exact) mass is 278 g/mol. The van der Waals surface area contributed by atoms with E-state index in [9.17, 15) is 0 Å². The van der Waals surface area contributed by atoms with Gasteiger partial charge in [0.05, 0.1) is 16.6 Å². The second-order valence-electron chi connectivity index (χ2n) is 4.74. The van der Waals surface area contributed by atoms with Crippen molar-refractivity contribution in [1.82, 2.24) is 19.7 Å². The molecule has 0 saturated heterocycles. The molecule has 0 bridgehead atoms. The first-order valence-electron chi connectivity index (χ1n) is 6.92. The third-order valence-corrected chi connectivity index (χ3v) is 3.38. The third-order valence-electron chi connectivity index (χ3n) is 3.38. The van der Waals surface area contributed by atoms with Crippen LogP contribution in [0.1, 0.15) is 6.92 Å². The summed E-state index contributed by atoms with van der Waals surface area (Å²) in [5, 5.41) is 0. The molecular weight excluding hydrogens is 264 g/mol. The Morgan fingerprint density at radius 1 is 1.00 bits per heavy atom. The maximum atomic E-state index is 5.73. The van der Waals surface area contributed by atoms with Gasteiger partial charge >= 0.3 is 0 Å². The molecule has 0 spiro atoms. The Balaban J connectivity index is 1.98. The van der Waals surface area contributed by atoms with Crippen LogP contribution in [0, 0.1) is 0 Å². The van der Waals surface area contributed by atoms with Gasteiger partial charge < -0.3 is 9.82 Å². The Kier molecular flexibility index (Phi) is 2.64. The molecule has 4 aromatic rings. The molecule has 21 heavy (non-hydrogen) atoms. The maximum absolute atomic E-state index is 5.73. The van der Waals surface area contributed by atoms with Gasteiger partial charge in [-0.05, 0) is 31.2 Å². The zero-order valence-electron chi connectivity index (χ0n) is 11.6. The molecule has 0 atom stereocenters. The van der Waals surface area contributed by atoms with Gasteiger partial charge in [-0.1, -0.05) is 24.3 Å². The minimum Gasteiger partial charge on any atom is -0.412 e. The van der Waals surface area contributed by atoms with E-state index in [0.29, 0.717) is 18.3 Å².